The van der Waals surface area contributed by atoms with Crippen molar-refractivity contribution in [2.75, 3.05) is 0 Å². The van der Waals surface area contributed by atoms with E-state index in [1.807, 2.05) is 0 Å². The highest BCUT2D eigenvalue weighted by molar-refractivity contribution is 5.86. The summed E-state index contributed by atoms with van der Waals surface area (Å²) < 4.78 is 0. The zero-order valence-corrected chi connectivity index (χ0v) is 9.16. The van der Waals surface area contributed by atoms with Crippen molar-refractivity contribution < 1.29 is 4.79 Å². The molecule has 0 unspecified atom stereocenters. The lowest BCUT2D eigenvalue weighted by Gasteiger charge is -2.39. The molecule has 1 aromatic heterocycles. The highest BCUT2D eigenvalue weighted by Crippen LogP contribution is 2.45. The number of carbonyl (C=O) groups excluding carboxylic acids is 1. The largest absolute Gasteiger partial charge is 0.347 e. The maximum atomic E-state index is 11.8. The number of nitriles is 1. The molecule has 16 heavy (non-hydrogen) atoms. The van der Waals surface area contributed by atoms with E-state index in [0.717, 1.165) is 0 Å². The molecule has 1 heterocycles. The van der Waals surface area contributed by atoms with E-state index in [2.05, 4.69) is 28.3 Å². The summed E-state index contributed by atoms with van der Waals surface area (Å²) in [5, 5.41) is 11.8. The Labute approximate surface area is 93.9 Å². The monoisotopic (exact) mass is 218 g/mol. The summed E-state index contributed by atoms with van der Waals surface area (Å²) in [6, 6.07) is 2.13. The second kappa shape index (κ2) is 3.97. The summed E-state index contributed by atoms with van der Waals surface area (Å²) in [6.07, 6.45) is 4.65. The molecule has 2 N–H and O–H groups in total. The quantitative estimate of drug-likeness (QED) is 0.793. The molecular formula is C11H14N4O. The molecule has 1 aromatic rings. The molecule has 5 nitrogen and oxygen atoms in total. The van der Waals surface area contributed by atoms with Crippen LogP contribution in [0.5, 0.6) is 0 Å². The Balaban J connectivity index is 1.91. The molecule has 2 rings (SSSR count). The second-order valence-corrected chi connectivity index (χ2v) is 4.43. The van der Waals surface area contributed by atoms with Crippen LogP contribution < -0.4 is 5.32 Å². The van der Waals surface area contributed by atoms with Crippen LogP contribution in [0.1, 0.15) is 25.6 Å². The van der Waals surface area contributed by atoms with Gasteiger partial charge in [0.1, 0.15) is 11.2 Å². The van der Waals surface area contributed by atoms with E-state index in [-0.39, 0.29) is 5.91 Å². The van der Waals surface area contributed by atoms with E-state index in [1.165, 1.54) is 0 Å². The van der Waals surface area contributed by atoms with E-state index >= 15 is 0 Å². The van der Waals surface area contributed by atoms with Gasteiger partial charge in [0.15, 0.2) is 0 Å². The van der Waals surface area contributed by atoms with Crippen molar-refractivity contribution >= 4 is 5.91 Å². The standard InChI is InChI=1S/C11H14N4O/c1-8-4-11(5-8,7-12)10(16)15-6-9-13-2-3-14-9/h2-3,8H,4-6H2,1H3,(H,13,14)(H,15,16). The lowest BCUT2D eigenvalue weighted by molar-refractivity contribution is -0.134. The van der Waals surface area contributed by atoms with E-state index < -0.39 is 5.41 Å². The summed E-state index contributed by atoms with van der Waals surface area (Å²) in [5.74, 6) is 0.993. The van der Waals surface area contributed by atoms with Crippen molar-refractivity contribution in [3.8, 4) is 6.07 Å². The predicted molar refractivity (Wildman–Crippen MR) is 56.9 cm³/mol. The minimum absolute atomic E-state index is 0.176. The Hall–Kier alpha value is -1.83. The van der Waals surface area contributed by atoms with E-state index in [9.17, 15) is 4.79 Å². The highest BCUT2D eigenvalue weighted by Gasteiger charge is 2.48. The molecule has 0 atom stereocenters. The Morgan fingerprint density at radius 1 is 1.81 bits per heavy atom. The van der Waals surface area contributed by atoms with Crippen molar-refractivity contribution in [3.05, 3.63) is 18.2 Å². The number of H-pyrrole nitrogens is 1. The molecule has 84 valence electrons. The molecule has 0 spiro atoms. The van der Waals surface area contributed by atoms with Gasteiger partial charge in [-0.3, -0.25) is 4.79 Å². The number of aromatic amines is 1. The predicted octanol–water partition coefficient (Wildman–Crippen LogP) is 0.966. The first-order valence-corrected chi connectivity index (χ1v) is 5.34. The lowest BCUT2D eigenvalue weighted by Crippen LogP contribution is -2.47. The first kappa shape index (κ1) is 10.7. The first-order valence-electron chi connectivity index (χ1n) is 5.34. The minimum Gasteiger partial charge on any atom is -0.347 e. The number of rotatable bonds is 3. The molecule has 1 aliphatic rings. The molecule has 1 aliphatic carbocycles. The van der Waals surface area contributed by atoms with Crippen LogP contribution >= 0.6 is 0 Å². The average Bonchev–Trinajstić information content (AvgIpc) is 2.73. The van der Waals surface area contributed by atoms with Gasteiger partial charge in [0, 0.05) is 12.4 Å². The number of imidazole rings is 1. The molecule has 0 bridgehead atoms. The third-order valence-corrected chi connectivity index (χ3v) is 3.01. The van der Waals surface area contributed by atoms with Crippen LogP contribution in [0.2, 0.25) is 0 Å². The van der Waals surface area contributed by atoms with Gasteiger partial charge in [-0.15, -0.1) is 0 Å². The van der Waals surface area contributed by atoms with Gasteiger partial charge in [-0.25, -0.2) is 4.98 Å². The number of nitrogens with one attached hydrogen (secondary N) is 2. The van der Waals surface area contributed by atoms with Crippen LogP contribution in [-0.4, -0.2) is 15.9 Å². The minimum atomic E-state index is -0.800. The van der Waals surface area contributed by atoms with Crippen LogP contribution in [0.15, 0.2) is 12.4 Å². The molecule has 0 aliphatic heterocycles. The fraction of sp³-hybridized carbons (Fsp3) is 0.545. The van der Waals surface area contributed by atoms with Crippen molar-refractivity contribution in [3.63, 3.8) is 0 Å². The maximum Gasteiger partial charge on any atom is 0.240 e. The summed E-state index contributed by atoms with van der Waals surface area (Å²) in [4.78, 5) is 18.7. The molecule has 5 heteroatoms. The Bertz CT molecular complexity index is 412. The average molecular weight is 218 g/mol. The molecule has 1 saturated carbocycles. The van der Waals surface area contributed by atoms with Crippen molar-refractivity contribution in [1.29, 1.82) is 5.26 Å². The van der Waals surface area contributed by atoms with Crippen LogP contribution in [-0.2, 0) is 11.3 Å². The molecule has 1 amide bonds. The van der Waals surface area contributed by atoms with Crippen LogP contribution in [0, 0.1) is 22.7 Å². The molecular weight excluding hydrogens is 204 g/mol. The summed E-state index contributed by atoms with van der Waals surface area (Å²) in [5.41, 5.74) is -0.800. The number of aromatic nitrogens is 2. The van der Waals surface area contributed by atoms with Crippen LogP contribution in [0.25, 0.3) is 0 Å². The zero-order valence-electron chi connectivity index (χ0n) is 9.16. The fourth-order valence-electron chi connectivity index (χ4n) is 2.19. The Kier molecular flexibility index (Phi) is 2.65. The molecule has 0 radical (unpaired) electrons. The van der Waals surface area contributed by atoms with Crippen LogP contribution in [0.4, 0.5) is 0 Å². The normalized spacial score (nSPS) is 27.9. The summed E-state index contributed by atoms with van der Waals surface area (Å²) in [6.45, 7) is 2.40. The number of hydrogen-bond acceptors (Lipinski definition) is 3. The van der Waals surface area contributed by atoms with Crippen molar-refractivity contribution in [1.82, 2.24) is 15.3 Å². The van der Waals surface area contributed by atoms with Gasteiger partial charge in [0.25, 0.3) is 0 Å². The third kappa shape index (κ3) is 1.78. The third-order valence-electron chi connectivity index (χ3n) is 3.01. The molecule has 0 saturated heterocycles. The van der Waals surface area contributed by atoms with Gasteiger partial charge < -0.3 is 10.3 Å². The number of nitrogens with zero attached hydrogens (tertiary/aromatic N) is 2. The fourth-order valence-corrected chi connectivity index (χ4v) is 2.19. The first-order chi connectivity index (χ1) is 7.66. The SMILES string of the molecule is CC1CC(C#N)(C(=O)NCc2ncc[nH]2)C1. The van der Waals surface area contributed by atoms with Gasteiger partial charge >= 0.3 is 0 Å². The van der Waals surface area contributed by atoms with E-state index in [0.29, 0.717) is 31.1 Å². The van der Waals surface area contributed by atoms with E-state index in [1.54, 1.807) is 12.4 Å². The van der Waals surface area contributed by atoms with Crippen molar-refractivity contribution in [2.45, 2.75) is 26.3 Å². The number of carbonyl (C=O) groups is 1. The van der Waals surface area contributed by atoms with Gasteiger partial charge in [0.05, 0.1) is 12.6 Å². The number of amides is 1. The van der Waals surface area contributed by atoms with Gasteiger partial charge in [-0.1, -0.05) is 6.92 Å². The molecule has 1 fully saturated rings. The van der Waals surface area contributed by atoms with Gasteiger partial charge in [-0.2, -0.15) is 5.26 Å². The topological polar surface area (TPSA) is 81.6 Å². The van der Waals surface area contributed by atoms with Crippen molar-refractivity contribution in [2.24, 2.45) is 11.3 Å². The second-order valence-electron chi connectivity index (χ2n) is 4.43. The lowest BCUT2D eigenvalue weighted by atomic mass is 9.63. The summed E-state index contributed by atoms with van der Waals surface area (Å²) in [7, 11) is 0. The summed E-state index contributed by atoms with van der Waals surface area (Å²) >= 11 is 0. The van der Waals surface area contributed by atoms with E-state index in [4.69, 9.17) is 5.26 Å². The highest BCUT2D eigenvalue weighted by atomic mass is 16.2. The smallest absolute Gasteiger partial charge is 0.240 e. The van der Waals surface area contributed by atoms with Gasteiger partial charge in [-0.05, 0) is 18.8 Å². The zero-order chi connectivity index (χ0) is 11.6. The Morgan fingerprint density at radius 2 is 2.56 bits per heavy atom. The Morgan fingerprint density at radius 3 is 3.06 bits per heavy atom. The maximum absolute atomic E-state index is 11.8. The molecule has 0 aromatic carbocycles. The van der Waals surface area contributed by atoms with Gasteiger partial charge in [0.2, 0.25) is 5.91 Å². The number of hydrogen-bond donors (Lipinski definition) is 2. The van der Waals surface area contributed by atoms with Crippen LogP contribution in [0.3, 0.4) is 0 Å².